The maximum atomic E-state index is 13.4. The molecule has 0 amide bonds. The zero-order valence-electron chi connectivity index (χ0n) is 15.4. The van der Waals surface area contributed by atoms with Gasteiger partial charge in [-0.05, 0) is 47.2 Å². The maximum Gasteiger partial charge on any atom is 0.314 e. The zero-order chi connectivity index (χ0) is 20.2. The van der Waals surface area contributed by atoms with Gasteiger partial charge in [0.25, 0.3) is 0 Å². The average Bonchev–Trinajstić information content (AvgIpc) is 3.48. The van der Waals surface area contributed by atoms with Crippen LogP contribution in [0.4, 0.5) is 10.1 Å². The van der Waals surface area contributed by atoms with E-state index in [2.05, 4.69) is 4.98 Å². The van der Waals surface area contributed by atoms with Gasteiger partial charge in [0.1, 0.15) is 4.83 Å². The number of pyridine rings is 1. The van der Waals surface area contributed by atoms with E-state index < -0.39 is 17.3 Å². The molecule has 1 aliphatic carbocycles. The van der Waals surface area contributed by atoms with Gasteiger partial charge in [-0.2, -0.15) is 4.39 Å². The summed E-state index contributed by atoms with van der Waals surface area (Å²) in [4.78, 5) is 16.9. The van der Waals surface area contributed by atoms with E-state index in [1.807, 2.05) is 48.5 Å². The lowest BCUT2D eigenvalue weighted by Crippen LogP contribution is -2.19. The summed E-state index contributed by atoms with van der Waals surface area (Å²) in [5, 5.41) is 10.2. The SMILES string of the molecule is Nc1c(-c2ccc(-c3ccc(C4(C(=O)O)CC4)cc3)cc2)sc2nc(F)ccc12. The third-order valence-corrected chi connectivity index (χ3v) is 6.80. The highest BCUT2D eigenvalue weighted by atomic mass is 32.1. The molecule has 1 fully saturated rings. The van der Waals surface area contributed by atoms with Gasteiger partial charge in [-0.1, -0.05) is 48.5 Å². The summed E-state index contributed by atoms with van der Waals surface area (Å²) in [7, 11) is 0. The number of fused-ring (bicyclic) bond motifs is 1. The minimum Gasteiger partial charge on any atom is -0.481 e. The van der Waals surface area contributed by atoms with Gasteiger partial charge in [0.05, 0.1) is 16.0 Å². The van der Waals surface area contributed by atoms with Gasteiger partial charge in [-0.15, -0.1) is 11.3 Å². The van der Waals surface area contributed by atoms with Crippen molar-refractivity contribution >= 4 is 33.2 Å². The van der Waals surface area contributed by atoms with Crippen LogP contribution < -0.4 is 5.73 Å². The van der Waals surface area contributed by atoms with Crippen molar-refractivity contribution in [3.05, 3.63) is 72.2 Å². The first-order valence-electron chi connectivity index (χ1n) is 9.27. The number of nitrogens with zero attached hydrogens (tertiary/aromatic N) is 1. The topological polar surface area (TPSA) is 76.2 Å². The molecule has 0 bridgehead atoms. The molecule has 0 saturated heterocycles. The van der Waals surface area contributed by atoms with E-state index in [0.29, 0.717) is 23.4 Å². The number of benzene rings is 2. The van der Waals surface area contributed by atoms with Gasteiger partial charge in [0, 0.05) is 5.39 Å². The Hall–Kier alpha value is -3.25. The molecule has 4 aromatic rings. The first-order valence-corrected chi connectivity index (χ1v) is 10.1. The minimum atomic E-state index is -0.745. The van der Waals surface area contributed by atoms with E-state index in [1.165, 1.54) is 17.4 Å². The smallest absolute Gasteiger partial charge is 0.314 e. The van der Waals surface area contributed by atoms with Crippen molar-refractivity contribution in [1.29, 1.82) is 0 Å². The fraction of sp³-hybridized carbons (Fsp3) is 0.130. The molecule has 0 spiro atoms. The highest BCUT2D eigenvalue weighted by Gasteiger charge is 2.51. The molecule has 0 unspecified atom stereocenters. The lowest BCUT2D eigenvalue weighted by atomic mass is 9.93. The second kappa shape index (κ2) is 6.39. The number of aromatic nitrogens is 1. The molecule has 0 radical (unpaired) electrons. The zero-order valence-corrected chi connectivity index (χ0v) is 16.2. The van der Waals surface area contributed by atoms with Crippen LogP contribution >= 0.6 is 11.3 Å². The fourth-order valence-corrected chi connectivity index (χ4v) is 4.82. The van der Waals surface area contributed by atoms with Gasteiger partial charge in [0.2, 0.25) is 5.95 Å². The van der Waals surface area contributed by atoms with Crippen molar-refractivity contribution in [2.75, 3.05) is 5.73 Å². The number of hydrogen-bond donors (Lipinski definition) is 2. The summed E-state index contributed by atoms with van der Waals surface area (Å²) in [6.45, 7) is 0. The Kier molecular flexibility index (Phi) is 3.93. The number of hydrogen-bond acceptors (Lipinski definition) is 4. The summed E-state index contributed by atoms with van der Waals surface area (Å²) in [5.74, 6) is -1.26. The predicted molar refractivity (Wildman–Crippen MR) is 113 cm³/mol. The second-order valence-electron chi connectivity index (χ2n) is 7.37. The van der Waals surface area contributed by atoms with E-state index in [1.54, 1.807) is 6.07 Å². The first-order chi connectivity index (χ1) is 14.0. The Balaban J connectivity index is 1.45. The first kappa shape index (κ1) is 17.8. The summed E-state index contributed by atoms with van der Waals surface area (Å²) >= 11 is 1.38. The number of nitrogen functional groups attached to an aromatic ring is 1. The van der Waals surface area contributed by atoms with E-state index in [0.717, 1.165) is 32.5 Å². The molecule has 2 heterocycles. The second-order valence-corrected chi connectivity index (χ2v) is 8.37. The Morgan fingerprint density at radius 2 is 1.55 bits per heavy atom. The van der Waals surface area contributed by atoms with Crippen LogP contribution in [-0.2, 0) is 10.2 Å². The van der Waals surface area contributed by atoms with Crippen molar-refractivity contribution in [3.63, 3.8) is 0 Å². The molecule has 29 heavy (non-hydrogen) atoms. The van der Waals surface area contributed by atoms with E-state index in [9.17, 15) is 14.3 Å². The molecule has 144 valence electrons. The molecule has 0 atom stereocenters. The average molecular weight is 404 g/mol. The van der Waals surface area contributed by atoms with Crippen molar-refractivity contribution in [3.8, 4) is 21.6 Å². The predicted octanol–water partition coefficient (Wildman–Crippen LogP) is 5.47. The normalized spacial score (nSPS) is 14.8. The lowest BCUT2D eigenvalue weighted by Gasteiger charge is -2.11. The summed E-state index contributed by atoms with van der Waals surface area (Å²) in [6, 6.07) is 18.7. The van der Waals surface area contributed by atoms with Crippen LogP contribution in [-0.4, -0.2) is 16.1 Å². The molecule has 6 heteroatoms. The maximum absolute atomic E-state index is 13.4. The van der Waals surface area contributed by atoms with Crippen LogP contribution in [0.5, 0.6) is 0 Å². The molecule has 5 rings (SSSR count). The molecule has 4 nitrogen and oxygen atoms in total. The lowest BCUT2D eigenvalue weighted by molar-refractivity contribution is -0.140. The third kappa shape index (κ3) is 2.87. The number of carboxylic acids is 1. The van der Waals surface area contributed by atoms with Gasteiger partial charge < -0.3 is 10.8 Å². The Morgan fingerprint density at radius 1 is 0.966 bits per heavy atom. The molecular formula is C23H17FN2O2S. The number of aliphatic carboxylic acids is 1. The molecule has 2 aromatic carbocycles. The van der Waals surface area contributed by atoms with Gasteiger partial charge >= 0.3 is 5.97 Å². The van der Waals surface area contributed by atoms with E-state index in [-0.39, 0.29) is 0 Å². The van der Waals surface area contributed by atoms with Crippen molar-refractivity contribution in [2.24, 2.45) is 0 Å². The largest absolute Gasteiger partial charge is 0.481 e. The highest BCUT2D eigenvalue weighted by Crippen LogP contribution is 2.48. The summed E-state index contributed by atoms with van der Waals surface area (Å²) in [5.41, 5.74) is 10.1. The van der Waals surface area contributed by atoms with Crippen LogP contribution in [0.3, 0.4) is 0 Å². The number of carboxylic acid groups (broad SMARTS) is 1. The standard InChI is InChI=1S/C23H17FN2O2S/c24-18-10-9-17-19(25)20(29-21(17)26-18)15-3-1-13(2-4-15)14-5-7-16(8-6-14)23(11-12-23)22(27)28/h1-10H,11-12,25H2,(H,27,28). The van der Waals surface area contributed by atoms with E-state index in [4.69, 9.17) is 5.73 Å². The van der Waals surface area contributed by atoms with Gasteiger partial charge in [-0.3, -0.25) is 4.79 Å². The summed E-state index contributed by atoms with van der Waals surface area (Å²) in [6.07, 6.45) is 1.40. The van der Waals surface area contributed by atoms with Crippen LogP contribution in [0.15, 0.2) is 60.7 Å². The third-order valence-electron chi connectivity index (χ3n) is 5.64. The monoisotopic (exact) mass is 404 g/mol. The Bertz CT molecular complexity index is 1240. The van der Waals surface area contributed by atoms with Gasteiger partial charge in [0.15, 0.2) is 0 Å². The molecular weight excluding hydrogens is 387 g/mol. The number of carbonyl (C=O) groups is 1. The quantitative estimate of drug-likeness (QED) is 0.442. The number of thiophene rings is 1. The number of halogens is 1. The van der Waals surface area contributed by atoms with Crippen molar-refractivity contribution < 1.29 is 14.3 Å². The van der Waals surface area contributed by atoms with Gasteiger partial charge in [-0.25, -0.2) is 4.98 Å². The minimum absolute atomic E-state index is 0.514. The number of nitrogens with two attached hydrogens (primary N) is 1. The summed E-state index contributed by atoms with van der Waals surface area (Å²) < 4.78 is 13.4. The van der Waals surface area contributed by atoms with Crippen LogP contribution in [0.25, 0.3) is 31.8 Å². The van der Waals surface area contributed by atoms with Crippen LogP contribution in [0.2, 0.25) is 0 Å². The number of anilines is 1. The molecule has 2 aromatic heterocycles. The van der Waals surface area contributed by atoms with Crippen LogP contribution in [0.1, 0.15) is 18.4 Å². The van der Waals surface area contributed by atoms with E-state index >= 15 is 0 Å². The van der Waals surface area contributed by atoms with Crippen molar-refractivity contribution in [2.45, 2.75) is 18.3 Å². The molecule has 1 aliphatic rings. The molecule has 1 saturated carbocycles. The fourth-order valence-electron chi connectivity index (χ4n) is 3.74. The highest BCUT2D eigenvalue weighted by molar-refractivity contribution is 7.22. The Morgan fingerprint density at radius 3 is 2.14 bits per heavy atom. The van der Waals surface area contributed by atoms with Crippen LogP contribution in [0, 0.1) is 5.95 Å². The Labute approximate surface area is 170 Å². The number of rotatable bonds is 4. The van der Waals surface area contributed by atoms with Crippen molar-refractivity contribution in [1.82, 2.24) is 4.98 Å². The molecule has 0 aliphatic heterocycles. The molecule has 3 N–H and O–H groups in total.